The smallest absolute Gasteiger partial charge is 0.341 e. The molecule has 0 aliphatic carbocycles. The van der Waals surface area contributed by atoms with Gasteiger partial charge in [-0.2, -0.15) is 10.2 Å². The quantitative estimate of drug-likeness (QED) is 0.573. The van der Waals surface area contributed by atoms with Crippen LogP contribution in [0, 0.1) is 0 Å². The van der Waals surface area contributed by atoms with Gasteiger partial charge in [0.1, 0.15) is 12.4 Å². The van der Waals surface area contributed by atoms with Gasteiger partial charge in [0.25, 0.3) is 0 Å². The van der Waals surface area contributed by atoms with E-state index >= 15 is 0 Å². The third kappa shape index (κ3) is 4.99. The summed E-state index contributed by atoms with van der Waals surface area (Å²) in [6, 6.07) is 13.1. The fourth-order valence-corrected chi connectivity index (χ4v) is 1.88. The lowest BCUT2D eigenvalue weighted by atomic mass is 10.0. The van der Waals surface area contributed by atoms with Gasteiger partial charge in [-0.25, -0.2) is 4.79 Å². The molecule has 2 rings (SSSR count). The summed E-state index contributed by atoms with van der Waals surface area (Å²) in [4.78, 5) is 22.8. The fourth-order valence-electron chi connectivity index (χ4n) is 1.88. The van der Waals surface area contributed by atoms with Crippen molar-refractivity contribution in [1.29, 1.82) is 0 Å². The Kier molecular flexibility index (Phi) is 6.16. The monoisotopic (exact) mass is 327 g/mol. The number of hydrogen-bond donors (Lipinski definition) is 2. The molecule has 2 N–H and O–H groups in total. The average Bonchev–Trinajstić information content (AvgIpc) is 2.60. The first-order valence-corrected chi connectivity index (χ1v) is 7.21. The number of carbonyl (C=O) groups is 2. The number of rotatable bonds is 8. The molecule has 2 aromatic rings. The summed E-state index contributed by atoms with van der Waals surface area (Å²) in [6.45, 7) is 0.00778. The van der Waals surface area contributed by atoms with Crippen LogP contribution in [0.3, 0.4) is 0 Å². The number of carbonyl (C=O) groups excluding carboxylic acids is 1. The van der Waals surface area contributed by atoms with Crippen molar-refractivity contribution in [3.8, 4) is 5.75 Å². The van der Waals surface area contributed by atoms with Crippen molar-refractivity contribution in [2.45, 2.75) is 0 Å². The van der Waals surface area contributed by atoms with Crippen LogP contribution in [-0.4, -0.2) is 37.2 Å². The van der Waals surface area contributed by atoms with E-state index in [4.69, 9.17) is 9.84 Å². The van der Waals surface area contributed by atoms with E-state index in [0.717, 1.165) is 0 Å². The molecule has 7 nitrogen and oxygen atoms in total. The summed E-state index contributed by atoms with van der Waals surface area (Å²) in [5.41, 5.74) is 1.68. The van der Waals surface area contributed by atoms with Crippen LogP contribution in [0.1, 0.15) is 15.9 Å². The highest BCUT2D eigenvalue weighted by molar-refractivity contribution is 6.09. The lowest BCUT2D eigenvalue weighted by Gasteiger charge is -2.05. The second-order valence-electron chi connectivity index (χ2n) is 4.84. The molecule has 0 atom stereocenters. The molecule has 0 saturated carbocycles. The molecule has 7 heteroatoms. The van der Waals surface area contributed by atoms with Crippen LogP contribution < -0.4 is 10.1 Å². The maximum absolute atomic E-state index is 12.4. The van der Waals surface area contributed by atoms with Crippen molar-refractivity contribution >= 4 is 17.4 Å². The molecule has 124 valence electrons. The summed E-state index contributed by atoms with van der Waals surface area (Å²) >= 11 is 0. The molecule has 0 aromatic heterocycles. The Hall–Kier alpha value is -3.06. The van der Waals surface area contributed by atoms with Gasteiger partial charge in [0.15, 0.2) is 12.4 Å². The number of hydrogen-bond acceptors (Lipinski definition) is 6. The Bertz CT molecular complexity index is 725. The number of azo groups is 1. The van der Waals surface area contributed by atoms with Gasteiger partial charge >= 0.3 is 5.97 Å². The predicted octanol–water partition coefficient (Wildman–Crippen LogP) is 2.64. The number of benzene rings is 2. The molecule has 24 heavy (non-hydrogen) atoms. The van der Waals surface area contributed by atoms with E-state index in [9.17, 15) is 9.59 Å². The molecular formula is C17H17N3O4. The van der Waals surface area contributed by atoms with Gasteiger partial charge in [-0.1, -0.05) is 0 Å². The Labute approximate surface area is 139 Å². The van der Waals surface area contributed by atoms with E-state index in [2.05, 4.69) is 15.5 Å². The molecule has 0 spiro atoms. The maximum atomic E-state index is 12.4. The highest BCUT2D eigenvalue weighted by Crippen LogP contribution is 2.18. The Morgan fingerprint density at radius 3 is 2.17 bits per heavy atom. The maximum Gasteiger partial charge on any atom is 0.341 e. The molecule has 0 radical (unpaired) electrons. The second-order valence-corrected chi connectivity index (χ2v) is 4.84. The molecular weight excluding hydrogens is 310 g/mol. The number of ketones is 1. The lowest BCUT2D eigenvalue weighted by Crippen LogP contribution is -2.09. The van der Waals surface area contributed by atoms with Crippen LogP contribution in [0.4, 0.5) is 5.69 Å². The van der Waals surface area contributed by atoms with Crippen LogP contribution >= 0.6 is 0 Å². The van der Waals surface area contributed by atoms with E-state index in [1.54, 1.807) is 55.6 Å². The lowest BCUT2D eigenvalue weighted by molar-refractivity contribution is -0.139. The first-order valence-electron chi connectivity index (χ1n) is 7.21. The van der Waals surface area contributed by atoms with Gasteiger partial charge in [0.2, 0.25) is 0 Å². The van der Waals surface area contributed by atoms with Crippen molar-refractivity contribution in [3.05, 3.63) is 59.7 Å². The van der Waals surface area contributed by atoms with Gasteiger partial charge < -0.3 is 9.84 Å². The zero-order chi connectivity index (χ0) is 17.4. The van der Waals surface area contributed by atoms with Gasteiger partial charge in [0.05, 0.1) is 5.69 Å². The van der Waals surface area contributed by atoms with Crippen LogP contribution in [-0.2, 0) is 4.79 Å². The van der Waals surface area contributed by atoms with E-state index in [0.29, 0.717) is 29.2 Å². The van der Waals surface area contributed by atoms with Crippen LogP contribution in [0.25, 0.3) is 0 Å². The van der Waals surface area contributed by atoms with Crippen LogP contribution in [0.5, 0.6) is 5.75 Å². The van der Waals surface area contributed by atoms with Gasteiger partial charge in [-0.15, -0.1) is 0 Å². The summed E-state index contributed by atoms with van der Waals surface area (Å²) < 4.78 is 5.03. The third-order valence-electron chi connectivity index (χ3n) is 3.02. The van der Waals surface area contributed by atoms with Crippen molar-refractivity contribution in [2.75, 3.05) is 20.3 Å². The van der Waals surface area contributed by atoms with Gasteiger partial charge in [-0.05, 0) is 55.6 Å². The van der Waals surface area contributed by atoms with Crippen molar-refractivity contribution < 1.29 is 19.4 Å². The minimum atomic E-state index is -1.05. The zero-order valence-electron chi connectivity index (χ0n) is 13.1. The molecule has 2 aromatic carbocycles. The summed E-state index contributed by atoms with van der Waals surface area (Å²) in [6.07, 6.45) is 0. The molecule has 0 aliphatic heterocycles. The molecule has 0 bridgehead atoms. The normalized spacial score (nSPS) is 10.7. The standard InChI is InChI=1S/C17H17N3O4/c1-18-11-19-20-14-6-2-12(3-7-14)17(23)13-4-8-15(9-5-13)24-10-16(21)22/h2-9,18H,10-11H2,1H3,(H,21,22). The minimum Gasteiger partial charge on any atom is -0.482 e. The van der Waals surface area contributed by atoms with E-state index in [-0.39, 0.29) is 5.78 Å². The van der Waals surface area contributed by atoms with E-state index < -0.39 is 12.6 Å². The van der Waals surface area contributed by atoms with Gasteiger partial charge in [-0.3, -0.25) is 10.1 Å². The number of ether oxygens (including phenoxy) is 1. The molecule has 0 heterocycles. The Morgan fingerprint density at radius 2 is 1.62 bits per heavy atom. The van der Waals surface area contributed by atoms with Crippen LogP contribution in [0.15, 0.2) is 58.8 Å². The average molecular weight is 327 g/mol. The number of nitrogens with zero attached hydrogens (tertiary/aromatic N) is 2. The first-order chi connectivity index (χ1) is 11.6. The second kappa shape index (κ2) is 8.54. The van der Waals surface area contributed by atoms with Crippen molar-refractivity contribution in [1.82, 2.24) is 5.32 Å². The first kappa shape index (κ1) is 17.3. The number of aliphatic carboxylic acids is 1. The number of carboxylic acid groups (broad SMARTS) is 1. The SMILES string of the molecule is CNCN=Nc1ccc(C(=O)c2ccc(OCC(=O)O)cc2)cc1. The topological polar surface area (TPSA) is 100 Å². The van der Waals surface area contributed by atoms with Gasteiger partial charge in [0, 0.05) is 11.1 Å². The minimum absolute atomic E-state index is 0.140. The predicted molar refractivity (Wildman–Crippen MR) is 87.9 cm³/mol. The molecule has 0 fully saturated rings. The highest BCUT2D eigenvalue weighted by atomic mass is 16.5. The largest absolute Gasteiger partial charge is 0.482 e. The molecule has 0 unspecified atom stereocenters. The summed E-state index contributed by atoms with van der Waals surface area (Å²) in [7, 11) is 1.78. The summed E-state index contributed by atoms with van der Waals surface area (Å²) in [5, 5.41) is 19.3. The summed E-state index contributed by atoms with van der Waals surface area (Å²) in [5.74, 6) is -0.796. The zero-order valence-corrected chi connectivity index (χ0v) is 13.1. The fraction of sp³-hybridized carbons (Fsp3) is 0.176. The van der Waals surface area contributed by atoms with E-state index in [1.165, 1.54) is 0 Å². The van der Waals surface area contributed by atoms with E-state index in [1.807, 2.05) is 0 Å². The van der Waals surface area contributed by atoms with Crippen molar-refractivity contribution in [2.24, 2.45) is 10.2 Å². The number of nitrogens with one attached hydrogen (secondary N) is 1. The molecule has 0 aliphatic rings. The molecule has 0 saturated heterocycles. The van der Waals surface area contributed by atoms with Crippen molar-refractivity contribution in [3.63, 3.8) is 0 Å². The Morgan fingerprint density at radius 1 is 1.04 bits per heavy atom. The number of carboxylic acids is 1. The Balaban J connectivity index is 2.04. The highest BCUT2D eigenvalue weighted by Gasteiger charge is 2.09. The third-order valence-corrected chi connectivity index (χ3v) is 3.02. The van der Waals surface area contributed by atoms with Crippen LogP contribution in [0.2, 0.25) is 0 Å². The molecule has 0 amide bonds.